The molecule has 6 nitrogen and oxygen atoms in total. The molecule has 1 N–H and O–H groups in total. The Bertz CT molecular complexity index is 967. The predicted molar refractivity (Wildman–Crippen MR) is 97.5 cm³/mol. The summed E-state index contributed by atoms with van der Waals surface area (Å²) in [6.07, 6.45) is 1.84. The first-order valence-corrected chi connectivity index (χ1v) is 8.54. The summed E-state index contributed by atoms with van der Waals surface area (Å²) in [4.78, 5) is 12.1. The molecular weight excluding hydrogens is 316 g/mol. The van der Waals surface area contributed by atoms with E-state index in [0.29, 0.717) is 11.4 Å². The van der Waals surface area contributed by atoms with Crippen LogP contribution in [0.5, 0.6) is 0 Å². The molecule has 0 aliphatic heterocycles. The van der Waals surface area contributed by atoms with Crippen molar-refractivity contribution in [3.05, 3.63) is 52.6 Å². The lowest BCUT2D eigenvalue weighted by Gasteiger charge is -2.26. The Labute approximate surface area is 146 Å². The molecule has 0 aromatic carbocycles. The van der Waals surface area contributed by atoms with E-state index in [1.54, 1.807) is 17.5 Å². The van der Waals surface area contributed by atoms with Gasteiger partial charge in [0.15, 0.2) is 0 Å². The molecule has 0 bridgehead atoms. The van der Waals surface area contributed by atoms with Crippen LogP contribution in [0.15, 0.2) is 41.3 Å². The highest BCUT2D eigenvalue weighted by atomic mass is 16.3. The van der Waals surface area contributed by atoms with Gasteiger partial charge in [-0.2, -0.15) is 10.2 Å². The van der Waals surface area contributed by atoms with Crippen LogP contribution in [0.25, 0.3) is 16.8 Å². The van der Waals surface area contributed by atoms with Crippen molar-refractivity contribution in [1.29, 1.82) is 0 Å². The molecule has 0 spiro atoms. The summed E-state index contributed by atoms with van der Waals surface area (Å²) < 4.78 is 3.20. The highest BCUT2D eigenvalue weighted by Gasteiger charge is 2.35. The van der Waals surface area contributed by atoms with Gasteiger partial charge in [0.05, 0.1) is 22.8 Å². The van der Waals surface area contributed by atoms with Gasteiger partial charge < -0.3 is 5.11 Å². The molecule has 0 aliphatic carbocycles. The van der Waals surface area contributed by atoms with Gasteiger partial charge in [-0.05, 0) is 44.9 Å². The molecule has 0 saturated carbocycles. The maximum absolute atomic E-state index is 12.1. The molecule has 3 heterocycles. The fourth-order valence-corrected chi connectivity index (χ4v) is 2.81. The molecule has 3 aromatic heterocycles. The van der Waals surface area contributed by atoms with Crippen LogP contribution in [0.1, 0.15) is 46.4 Å². The van der Waals surface area contributed by atoms with Gasteiger partial charge in [0.1, 0.15) is 11.3 Å². The number of aromatic nitrogens is 4. The minimum atomic E-state index is -1.12. The zero-order chi connectivity index (χ0) is 18.4. The average molecular weight is 340 g/mol. The van der Waals surface area contributed by atoms with Gasteiger partial charge in [-0.25, -0.2) is 9.20 Å². The monoisotopic (exact) mass is 340 g/mol. The number of hydrogen-bond acceptors (Lipinski definition) is 4. The number of pyridine rings is 1. The van der Waals surface area contributed by atoms with E-state index in [4.69, 9.17) is 0 Å². The van der Waals surface area contributed by atoms with Crippen molar-refractivity contribution >= 4 is 5.52 Å². The average Bonchev–Trinajstić information content (AvgIpc) is 2.95. The van der Waals surface area contributed by atoms with Crippen LogP contribution in [-0.4, -0.2) is 24.5 Å². The van der Waals surface area contributed by atoms with Gasteiger partial charge in [0.25, 0.3) is 5.56 Å². The number of aliphatic hydroxyl groups is 1. The molecule has 0 amide bonds. The molecule has 1 unspecified atom stereocenters. The summed E-state index contributed by atoms with van der Waals surface area (Å²) in [6, 6.07) is 8.92. The normalized spacial score (nSPS) is 14.4. The summed E-state index contributed by atoms with van der Waals surface area (Å²) in [7, 11) is 0. The van der Waals surface area contributed by atoms with E-state index >= 15 is 0 Å². The third-order valence-corrected chi connectivity index (χ3v) is 4.71. The van der Waals surface area contributed by atoms with E-state index in [-0.39, 0.29) is 17.5 Å². The van der Waals surface area contributed by atoms with Crippen LogP contribution in [0, 0.1) is 5.92 Å². The van der Waals surface area contributed by atoms with Crippen molar-refractivity contribution in [2.24, 2.45) is 5.92 Å². The van der Waals surface area contributed by atoms with E-state index < -0.39 is 5.60 Å². The Morgan fingerprint density at radius 2 is 1.80 bits per heavy atom. The van der Waals surface area contributed by atoms with Gasteiger partial charge in [0, 0.05) is 12.3 Å². The Morgan fingerprint density at radius 3 is 2.44 bits per heavy atom. The van der Waals surface area contributed by atoms with E-state index in [2.05, 4.69) is 10.2 Å². The van der Waals surface area contributed by atoms with Gasteiger partial charge in [-0.15, -0.1) is 0 Å². The Morgan fingerprint density at radius 1 is 1.08 bits per heavy atom. The van der Waals surface area contributed by atoms with Gasteiger partial charge in [-0.3, -0.25) is 4.79 Å². The molecule has 0 aliphatic rings. The first-order chi connectivity index (χ1) is 11.7. The Balaban J connectivity index is 2.36. The lowest BCUT2D eigenvalue weighted by Crippen LogP contribution is -2.30. The topological polar surface area (TPSA) is 72.4 Å². The van der Waals surface area contributed by atoms with E-state index in [1.165, 1.54) is 10.7 Å². The highest BCUT2D eigenvalue weighted by Crippen LogP contribution is 2.37. The van der Waals surface area contributed by atoms with Crippen LogP contribution >= 0.6 is 0 Å². The SMILES string of the molecule is CC(C)n1nc(-c2c(C(C)(O)C(C)C)nn3ccccc23)ccc1=O. The summed E-state index contributed by atoms with van der Waals surface area (Å²) >= 11 is 0. The van der Waals surface area contributed by atoms with Gasteiger partial charge in [-0.1, -0.05) is 19.9 Å². The lowest BCUT2D eigenvalue weighted by atomic mass is 9.86. The quantitative estimate of drug-likeness (QED) is 0.792. The van der Waals surface area contributed by atoms with Crippen LogP contribution in [-0.2, 0) is 5.60 Å². The van der Waals surface area contributed by atoms with Crippen LogP contribution in [0.3, 0.4) is 0 Å². The van der Waals surface area contributed by atoms with Crippen molar-refractivity contribution in [3.63, 3.8) is 0 Å². The maximum Gasteiger partial charge on any atom is 0.267 e. The standard InChI is InChI=1S/C19H24N4O2/c1-12(2)19(5,25)18-17(15-8-6-7-11-22(15)21-18)14-9-10-16(24)23(20-14)13(3)4/h6-13,25H,1-5H3. The van der Waals surface area contributed by atoms with Crippen molar-refractivity contribution in [1.82, 2.24) is 19.4 Å². The van der Waals surface area contributed by atoms with E-state index in [9.17, 15) is 9.90 Å². The molecule has 0 fully saturated rings. The van der Waals surface area contributed by atoms with Crippen molar-refractivity contribution in [2.45, 2.75) is 46.3 Å². The summed E-state index contributed by atoms with van der Waals surface area (Å²) in [5.41, 5.74) is 1.53. The first-order valence-electron chi connectivity index (χ1n) is 8.54. The predicted octanol–water partition coefficient (Wildman–Crippen LogP) is 3.00. The van der Waals surface area contributed by atoms with Crippen LogP contribution < -0.4 is 5.56 Å². The molecular formula is C19H24N4O2. The number of rotatable bonds is 4. The lowest BCUT2D eigenvalue weighted by molar-refractivity contribution is 0.00516. The maximum atomic E-state index is 12.1. The second-order valence-electron chi connectivity index (χ2n) is 7.15. The molecule has 25 heavy (non-hydrogen) atoms. The van der Waals surface area contributed by atoms with E-state index in [0.717, 1.165) is 11.1 Å². The van der Waals surface area contributed by atoms with E-state index in [1.807, 2.05) is 52.1 Å². The molecule has 132 valence electrons. The molecule has 3 rings (SSSR count). The van der Waals surface area contributed by atoms with Gasteiger partial charge >= 0.3 is 0 Å². The second-order valence-corrected chi connectivity index (χ2v) is 7.15. The molecule has 6 heteroatoms. The first kappa shape index (κ1) is 17.4. The molecule has 1 atom stereocenters. The highest BCUT2D eigenvalue weighted by molar-refractivity contribution is 5.81. The molecule has 0 radical (unpaired) electrons. The minimum absolute atomic E-state index is 0.0350. The van der Waals surface area contributed by atoms with Crippen LogP contribution in [0.4, 0.5) is 0 Å². The van der Waals surface area contributed by atoms with Crippen molar-refractivity contribution in [2.75, 3.05) is 0 Å². The summed E-state index contributed by atoms with van der Waals surface area (Å²) in [6.45, 7) is 9.51. The Hall–Kier alpha value is -2.47. The number of fused-ring (bicyclic) bond motifs is 1. The summed E-state index contributed by atoms with van der Waals surface area (Å²) in [5.74, 6) is -0.0350. The molecule has 0 saturated heterocycles. The van der Waals surface area contributed by atoms with Crippen LogP contribution in [0.2, 0.25) is 0 Å². The second kappa shape index (κ2) is 6.11. The third kappa shape index (κ3) is 2.87. The molecule has 3 aromatic rings. The smallest absolute Gasteiger partial charge is 0.267 e. The number of nitrogens with zero attached hydrogens (tertiary/aromatic N) is 4. The zero-order valence-electron chi connectivity index (χ0n) is 15.3. The minimum Gasteiger partial charge on any atom is -0.383 e. The van der Waals surface area contributed by atoms with Crippen molar-refractivity contribution < 1.29 is 5.11 Å². The zero-order valence-corrected chi connectivity index (χ0v) is 15.3. The largest absolute Gasteiger partial charge is 0.383 e. The fraction of sp³-hybridized carbons (Fsp3) is 0.421. The number of hydrogen-bond donors (Lipinski definition) is 1. The third-order valence-electron chi connectivity index (χ3n) is 4.71. The summed E-state index contributed by atoms with van der Waals surface area (Å²) in [5, 5.41) is 20.2. The fourth-order valence-electron chi connectivity index (χ4n) is 2.81. The van der Waals surface area contributed by atoms with Gasteiger partial charge in [0.2, 0.25) is 0 Å². The Kier molecular flexibility index (Phi) is 4.24. The van der Waals surface area contributed by atoms with Crippen molar-refractivity contribution in [3.8, 4) is 11.3 Å².